The zero-order valence-corrected chi connectivity index (χ0v) is 11.4. The summed E-state index contributed by atoms with van der Waals surface area (Å²) in [7, 11) is 1.98. The molecule has 1 unspecified atom stereocenters. The maximum absolute atomic E-state index is 10.8. The van der Waals surface area contributed by atoms with Gasteiger partial charge < -0.3 is 9.67 Å². The lowest BCUT2D eigenvalue weighted by atomic mass is 9.97. The minimum atomic E-state index is -0.762. The molecule has 1 N–H and O–H groups in total. The van der Waals surface area contributed by atoms with Gasteiger partial charge in [-0.05, 0) is 23.6 Å². The first-order valence-corrected chi connectivity index (χ1v) is 6.25. The van der Waals surface area contributed by atoms with Crippen LogP contribution in [0.4, 0.5) is 0 Å². The van der Waals surface area contributed by atoms with Crippen molar-refractivity contribution in [2.24, 2.45) is 7.05 Å². The number of carbonyl (C=O) groups is 1. The molecule has 0 radical (unpaired) electrons. The lowest BCUT2D eigenvalue weighted by molar-refractivity contribution is -0.137. The molecule has 4 heteroatoms. The quantitative estimate of drug-likeness (QED) is 0.941. The molecule has 2 rings (SSSR count). The van der Waals surface area contributed by atoms with E-state index in [0.29, 0.717) is 0 Å². The molecule has 1 aromatic carbocycles. The number of aliphatic carboxylic acids is 1. The van der Waals surface area contributed by atoms with E-state index in [1.165, 1.54) is 0 Å². The highest BCUT2D eigenvalue weighted by molar-refractivity contribution is 9.10. The van der Waals surface area contributed by atoms with E-state index < -0.39 is 5.97 Å². The predicted octanol–water partition coefficient (Wildman–Crippen LogP) is 3.52. The smallest absolute Gasteiger partial charge is 0.303 e. The Hall–Kier alpha value is -1.29. The maximum Gasteiger partial charge on any atom is 0.303 e. The highest BCUT2D eigenvalue weighted by atomic mass is 79.9. The number of aryl methyl sites for hydroxylation is 1. The minimum absolute atomic E-state index is 0.00917. The van der Waals surface area contributed by atoms with E-state index in [-0.39, 0.29) is 12.3 Å². The Bertz CT molecular complexity index is 574. The first-order valence-electron chi connectivity index (χ1n) is 5.46. The summed E-state index contributed by atoms with van der Waals surface area (Å²) < 4.78 is 3.05. The number of carboxylic acids is 1. The number of carboxylic acid groups (broad SMARTS) is 1. The van der Waals surface area contributed by atoms with Crippen molar-refractivity contribution < 1.29 is 9.90 Å². The highest BCUT2D eigenvalue weighted by Gasteiger charge is 2.17. The van der Waals surface area contributed by atoms with Gasteiger partial charge in [0.05, 0.1) is 6.42 Å². The zero-order valence-electron chi connectivity index (χ0n) is 9.77. The van der Waals surface area contributed by atoms with Crippen LogP contribution in [-0.4, -0.2) is 15.6 Å². The summed E-state index contributed by atoms with van der Waals surface area (Å²) in [6.07, 6.45) is 2.17. The van der Waals surface area contributed by atoms with Crippen molar-refractivity contribution >= 4 is 32.8 Å². The number of nitrogens with zero attached hydrogens (tertiary/aromatic N) is 1. The average molecular weight is 296 g/mol. The van der Waals surface area contributed by atoms with Gasteiger partial charge in [-0.3, -0.25) is 4.79 Å². The van der Waals surface area contributed by atoms with Crippen LogP contribution in [0.2, 0.25) is 0 Å². The normalized spacial score (nSPS) is 12.9. The molecule has 0 aliphatic rings. The van der Waals surface area contributed by atoms with Crippen LogP contribution in [0.15, 0.2) is 28.9 Å². The first kappa shape index (κ1) is 12.2. The third kappa shape index (κ3) is 2.22. The Balaban J connectivity index is 2.58. The van der Waals surface area contributed by atoms with Gasteiger partial charge in [-0.1, -0.05) is 28.9 Å². The van der Waals surface area contributed by atoms with Crippen molar-refractivity contribution in [1.29, 1.82) is 0 Å². The van der Waals surface area contributed by atoms with Gasteiger partial charge in [-0.15, -0.1) is 0 Å². The van der Waals surface area contributed by atoms with Gasteiger partial charge in [0.25, 0.3) is 0 Å². The van der Waals surface area contributed by atoms with E-state index >= 15 is 0 Å². The summed E-state index contributed by atoms with van der Waals surface area (Å²) in [6.45, 7) is 1.95. The number of fused-ring (bicyclic) bond motifs is 1. The minimum Gasteiger partial charge on any atom is -0.481 e. The van der Waals surface area contributed by atoms with Crippen LogP contribution in [0.25, 0.3) is 10.9 Å². The molecular formula is C13H14BrNO2. The summed E-state index contributed by atoms with van der Waals surface area (Å²) >= 11 is 3.53. The van der Waals surface area contributed by atoms with E-state index in [9.17, 15) is 4.79 Å². The summed E-state index contributed by atoms with van der Waals surface area (Å²) in [6, 6.07) is 6.01. The molecule has 2 aromatic rings. The third-order valence-electron chi connectivity index (χ3n) is 3.00. The molecule has 90 valence electrons. The molecule has 0 saturated carbocycles. The van der Waals surface area contributed by atoms with E-state index in [1.807, 2.05) is 42.9 Å². The Morgan fingerprint density at radius 3 is 2.88 bits per heavy atom. The standard InChI is InChI=1S/C13H14BrNO2/c1-8(6-12(16)17)9-7-15(2)11-5-3-4-10(14)13(9)11/h3-5,7-8H,6H2,1-2H3,(H,16,17). The number of halogens is 1. The van der Waals surface area contributed by atoms with Crippen LogP contribution in [0.5, 0.6) is 0 Å². The number of hydrogen-bond donors (Lipinski definition) is 1. The Labute approximate surface area is 108 Å². The van der Waals surface area contributed by atoms with Crippen LogP contribution in [0, 0.1) is 0 Å². The van der Waals surface area contributed by atoms with Crippen molar-refractivity contribution in [3.63, 3.8) is 0 Å². The molecule has 0 fully saturated rings. The van der Waals surface area contributed by atoms with E-state index in [2.05, 4.69) is 15.9 Å². The van der Waals surface area contributed by atoms with Gasteiger partial charge in [0.15, 0.2) is 0 Å². The van der Waals surface area contributed by atoms with Gasteiger partial charge in [0, 0.05) is 28.6 Å². The summed E-state index contributed by atoms with van der Waals surface area (Å²) in [5, 5.41) is 9.99. The molecular weight excluding hydrogens is 282 g/mol. The Kier molecular flexibility index (Phi) is 3.24. The predicted molar refractivity (Wildman–Crippen MR) is 71.3 cm³/mol. The van der Waals surface area contributed by atoms with Crippen LogP contribution < -0.4 is 0 Å². The number of benzene rings is 1. The average Bonchev–Trinajstić information content (AvgIpc) is 2.57. The Morgan fingerprint density at radius 1 is 1.53 bits per heavy atom. The largest absolute Gasteiger partial charge is 0.481 e. The third-order valence-corrected chi connectivity index (χ3v) is 3.67. The van der Waals surface area contributed by atoms with E-state index in [4.69, 9.17) is 5.11 Å². The summed E-state index contributed by atoms with van der Waals surface area (Å²) in [5.74, 6) is -0.753. The maximum atomic E-state index is 10.8. The topological polar surface area (TPSA) is 42.2 Å². The van der Waals surface area contributed by atoms with Crippen molar-refractivity contribution in [2.45, 2.75) is 19.3 Å². The van der Waals surface area contributed by atoms with E-state index in [0.717, 1.165) is 20.9 Å². The molecule has 17 heavy (non-hydrogen) atoms. The lowest BCUT2D eigenvalue weighted by Crippen LogP contribution is -2.02. The lowest BCUT2D eigenvalue weighted by Gasteiger charge is -2.07. The number of rotatable bonds is 3. The molecule has 0 saturated heterocycles. The molecule has 1 aromatic heterocycles. The van der Waals surface area contributed by atoms with Crippen molar-refractivity contribution in [1.82, 2.24) is 4.57 Å². The number of aromatic nitrogens is 1. The molecule has 0 bridgehead atoms. The molecule has 0 aliphatic carbocycles. The second-order valence-corrected chi connectivity index (χ2v) is 5.18. The first-order chi connectivity index (χ1) is 8.00. The van der Waals surface area contributed by atoms with Crippen molar-refractivity contribution in [3.8, 4) is 0 Å². The van der Waals surface area contributed by atoms with Crippen LogP contribution in [0.1, 0.15) is 24.8 Å². The van der Waals surface area contributed by atoms with Crippen LogP contribution in [0.3, 0.4) is 0 Å². The van der Waals surface area contributed by atoms with E-state index in [1.54, 1.807) is 0 Å². The number of hydrogen-bond acceptors (Lipinski definition) is 1. The van der Waals surface area contributed by atoms with Crippen LogP contribution in [-0.2, 0) is 11.8 Å². The molecule has 0 spiro atoms. The van der Waals surface area contributed by atoms with Crippen molar-refractivity contribution in [3.05, 3.63) is 34.4 Å². The monoisotopic (exact) mass is 295 g/mol. The fourth-order valence-corrected chi connectivity index (χ4v) is 2.77. The second-order valence-electron chi connectivity index (χ2n) is 4.33. The van der Waals surface area contributed by atoms with Crippen LogP contribution >= 0.6 is 15.9 Å². The second kappa shape index (κ2) is 4.53. The highest BCUT2D eigenvalue weighted by Crippen LogP contribution is 2.34. The molecule has 1 heterocycles. The fourth-order valence-electron chi connectivity index (χ4n) is 2.18. The molecule has 0 amide bonds. The Morgan fingerprint density at radius 2 is 2.24 bits per heavy atom. The molecule has 0 aliphatic heterocycles. The van der Waals surface area contributed by atoms with Gasteiger partial charge in [0.1, 0.15) is 0 Å². The molecule has 3 nitrogen and oxygen atoms in total. The van der Waals surface area contributed by atoms with Gasteiger partial charge in [-0.25, -0.2) is 0 Å². The summed E-state index contributed by atoms with van der Waals surface area (Å²) in [4.78, 5) is 10.8. The summed E-state index contributed by atoms with van der Waals surface area (Å²) in [5.41, 5.74) is 2.20. The zero-order chi connectivity index (χ0) is 12.6. The SMILES string of the molecule is CC(CC(=O)O)c1cn(C)c2cccc(Br)c12. The van der Waals surface area contributed by atoms with Crippen molar-refractivity contribution in [2.75, 3.05) is 0 Å². The van der Waals surface area contributed by atoms with Gasteiger partial charge in [0.2, 0.25) is 0 Å². The van der Waals surface area contributed by atoms with Gasteiger partial charge in [-0.2, -0.15) is 0 Å². The fraction of sp³-hybridized carbons (Fsp3) is 0.308. The van der Waals surface area contributed by atoms with Gasteiger partial charge >= 0.3 is 5.97 Å². The molecule has 1 atom stereocenters.